The number of hydrogen-bond acceptors (Lipinski definition) is 6. The van der Waals surface area contributed by atoms with Crippen molar-refractivity contribution in [2.24, 2.45) is 11.7 Å². The first-order chi connectivity index (χ1) is 19.8. The highest BCUT2D eigenvalue weighted by Crippen LogP contribution is 2.36. The summed E-state index contributed by atoms with van der Waals surface area (Å²) in [5, 5.41) is 10.1. The molecule has 0 saturated carbocycles. The first kappa shape index (κ1) is 28.0. The van der Waals surface area contributed by atoms with Crippen molar-refractivity contribution in [2.75, 3.05) is 10.6 Å². The number of hydrogen-bond donors (Lipinski definition) is 3. The van der Waals surface area contributed by atoms with Gasteiger partial charge in [0.2, 0.25) is 5.91 Å². The van der Waals surface area contributed by atoms with Gasteiger partial charge < -0.3 is 16.4 Å². The molecule has 5 rings (SSSR count). The summed E-state index contributed by atoms with van der Waals surface area (Å²) < 4.78 is 29.9. The summed E-state index contributed by atoms with van der Waals surface area (Å²) in [6.07, 6.45) is 7.31. The molecule has 41 heavy (non-hydrogen) atoms. The molecule has 1 aliphatic heterocycles. The summed E-state index contributed by atoms with van der Waals surface area (Å²) in [5.41, 5.74) is 8.34. The van der Waals surface area contributed by atoms with E-state index in [-0.39, 0.29) is 28.8 Å². The third-order valence-electron chi connectivity index (χ3n) is 7.11. The third kappa shape index (κ3) is 5.85. The molecule has 12 heteroatoms. The molecule has 1 amide bonds. The van der Waals surface area contributed by atoms with Crippen LogP contribution in [-0.2, 0) is 4.79 Å². The Morgan fingerprint density at radius 3 is 2.76 bits per heavy atom. The van der Waals surface area contributed by atoms with Gasteiger partial charge in [-0.2, -0.15) is 13.9 Å². The molecule has 2 aromatic carbocycles. The lowest BCUT2D eigenvalue weighted by Gasteiger charge is -2.23. The van der Waals surface area contributed by atoms with Crippen molar-refractivity contribution in [3.8, 4) is 22.5 Å². The Morgan fingerprint density at radius 2 is 2.00 bits per heavy atom. The van der Waals surface area contributed by atoms with Crippen molar-refractivity contribution in [3.05, 3.63) is 94.4 Å². The molecule has 4 aromatic rings. The van der Waals surface area contributed by atoms with Crippen LogP contribution in [0.2, 0.25) is 5.02 Å². The van der Waals surface area contributed by atoms with E-state index in [0.717, 1.165) is 5.56 Å². The van der Waals surface area contributed by atoms with Crippen LogP contribution in [-0.4, -0.2) is 25.2 Å². The largest absolute Gasteiger partial charge is 0.403 e. The van der Waals surface area contributed by atoms with Crippen molar-refractivity contribution in [1.82, 2.24) is 19.3 Å². The van der Waals surface area contributed by atoms with Crippen LogP contribution in [0.3, 0.4) is 0 Å². The molecule has 4 N–H and O–H groups in total. The van der Waals surface area contributed by atoms with Gasteiger partial charge in [-0.25, -0.2) is 9.67 Å². The standard InChI is InChI=1S/C29H28ClF2N7O2/c1-17-4-2-7-25(18-5-3-6-19(12-18)27-24(37-28(17)41)15-36-39(27)29(31)32)38-16-35-23(14-26(38)40)21-13-20(30)8-9-22(21)34-11-10-33/h3,5-6,8-17,25,29,34H,2,4,7,33H2,1H3,(H,37,41)/b11-10-. The number of halogens is 3. The molecule has 1 aliphatic rings. The predicted molar refractivity (Wildman–Crippen MR) is 155 cm³/mol. The van der Waals surface area contributed by atoms with Gasteiger partial charge in [-0.1, -0.05) is 43.1 Å². The summed E-state index contributed by atoms with van der Waals surface area (Å²) in [5.74, 6) is -0.670. The van der Waals surface area contributed by atoms with E-state index in [0.29, 0.717) is 51.5 Å². The summed E-state index contributed by atoms with van der Waals surface area (Å²) in [6.45, 7) is -1.13. The van der Waals surface area contributed by atoms with Crippen LogP contribution >= 0.6 is 11.6 Å². The Morgan fingerprint density at radius 1 is 1.17 bits per heavy atom. The number of alkyl halides is 2. The first-order valence-corrected chi connectivity index (χ1v) is 13.4. The number of anilines is 2. The van der Waals surface area contributed by atoms with Gasteiger partial charge in [0, 0.05) is 46.2 Å². The lowest BCUT2D eigenvalue weighted by molar-refractivity contribution is -0.119. The fraction of sp³-hybridized carbons (Fsp3) is 0.241. The monoisotopic (exact) mass is 579 g/mol. The number of carbonyl (C=O) groups is 1. The second-order valence-electron chi connectivity index (χ2n) is 9.80. The highest BCUT2D eigenvalue weighted by Gasteiger charge is 2.25. The van der Waals surface area contributed by atoms with Crippen LogP contribution in [0.15, 0.2) is 78.2 Å². The van der Waals surface area contributed by atoms with Gasteiger partial charge >= 0.3 is 6.55 Å². The number of benzene rings is 2. The smallest absolute Gasteiger partial charge is 0.333 e. The highest BCUT2D eigenvalue weighted by molar-refractivity contribution is 6.31. The van der Waals surface area contributed by atoms with Crippen LogP contribution in [0.1, 0.15) is 44.3 Å². The van der Waals surface area contributed by atoms with E-state index >= 15 is 0 Å². The summed E-state index contributed by atoms with van der Waals surface area (Å²) in [6, 6.07) is 13.2. The highest BCUT2D eigenvalue weighted by atomic mass is 35.5. The van der Waals surface area contributed by atoms with Crippen molar-refractivity contribution in [1.29, 1.82) is 0 Å². The Kier molecular flexibility index (Phi) is 8.16. The molecular formula is C29H28ClF2N7O2. The molecule has 212 valence electrons. The SMILES string of the molecule is CC1CCCC(n2cnc(-c3cc(Cl)ccc3N/C=C\N)cc2=O)c2cccc(c2)-c2c(cnn2C(F)F)NC1=O. The summed E-state index contributed by atoms with van der Waals surface area (Å²) >= 11 is 6.24. The molecule has 0 saturated heterocycles. The predicted octanol–water partition coefficient (Wildman–Crippen LogP) is 6.01. The third-order valence-corrected chi connectivity index (χ3v) is 7.34. The van der Waals surface area contributed by atoms with Gasteiger partial charge in [0.25, 0.3) is 5.56 Å². The number of fused-ring (bicyclic) bond motifs is 4. The molecule has 0 fully saturated rings. The van der Waals surface area contributed by atoms with Crippen LogP contribution in [0.4, 0.5) is 20.2 Å². The van der Waals surface area contributed by atoms with Gasteiger partial charge in [-0.15, -0.1) is 0 Å². The maximum atomic E-state index is 13.9. The number of nitrogens with zero attached hydrogens (tertiary/aromatic N) is 4. The van der Waals surface area contributed by atoms with Crippen molar-refractivity contribution < 1.29 is 13.6 Å². The fourth-order valence-corrected chi connectivity index (χ4v) is 5.21. The van der Waals surface area contributed by atoms with Crippen LogP contribution in [0, 0.1) is 5.92 Å². The molecule has 0 radical (unpaired) electrons. The average molecular weight is 580 g/mol. The lowest BCUT2D eigenvalue weighted by Crippen LogP contribution is -2.26. The van der Waals surface area contributed by atoms with Gasteiger partial charge in [0.05, 0.1) is 35.6 Å². The molecule has 2 atom stereocenters. The van der Waals surface area contributed by atoms with E-state index in [4.69, 9.17) is 17.3 Å². The summed E-state index contributed by atoms with van der Waals surface area (Å²) in [4.78, 5) is 31.0. The van der Waals surface area contributed by atoms with E-state index in [2.05, 4.69) is 20.7 Å². The molecule has 2 bridgehead atoms. The number of amides is 1. The van der Waals surface area contributed by atoms with E-state index < -0.39 is 12.6 Å². The van der Waals surface area contributed by atoms with Crippen LogP contribution in [0.25, 0.3) is 22.5 Å². The second kappa shape index (κ2) is 11.9. The van der Waals surface area contributed by atoms with Gasteiger partial charge in [0.1, 0.15) is 0 Å². The van der Waals surface area contributed by atoms with E-state index in [1.54, 1.807) is 49.5 Å². The first-order valence-electron chi connectivity index (χ1n) is 13.0. The Hall–Kier alpha value is -4.51. The van der Waals surface area contributed by atoms with Crippen molar-refractivity contribution in [2.45, 2.75) is 38.8 Å². The van der Waals surface area contributed by atoms with Crippen molar-refractivity contribution in [3.63, 3.8) is 0 Å². The van der Waals surface area contributed by atoms with Crippen LogP contribution in [0.5, 0.6) is 0 Å². The number of carbonyl (C=O) groups excluding carboxylic acids is 1. The molecule has 0 aliphatic carbocycles. The van der Waals surface area contributed by atoms with Gasteiger partial charge in [-0.3, -0.25) is 14.2 Å². The Labute approximate surface area is 239 Å². The molecule has 3 heterocycles. The molecular weight excluding hydrogens is 552 g/mol. The maximum Gasteiger partial charge on any atom is 0.333 e. The zero-order chi connectivity index (χ0) is 29.1. The zero-order valence-electron chi connectivity index (χ0n) is 22.1. The minimum atomic E-state index is -2.91. The number of nitrogens with one attached hydrogen (secondary N) is 2. The van der Waals surface area contributed by atoms with Gasteiger partial charge in [-0.05, 0) is 42.7 Å². The average Bonchev–Trinajstić information content (AvgIpc) is 3.38. The fourth-order valence-electron chi connectivity index (χ4n) is 5.04. The number of rotatable bonds is 5. The Bertz CT molecular complexity index is 1670. The van der Waals surface area contributed by atoms with Gasteiger partial charge in [0.15, 0.2) is 0 Å². The number of nitrogens with two attached hydrogens (primary N) is 1. The molecule has 0 spiro atoms. The zero-order valence-corrected chi connectivity index (χ0v) is 22.9. The molecule has 9 nitrogen and oxygen atoms in total. The maximum absolute atomic E-state index is 13.9. The van der Waals surface area contributed by atoms with E-state index in [9.17, 15) is 18.4 Å². The quantitative estimate of drug-likeness (QED) is 0.266. The normalized spacial score (nSPS) is 17.5. The van der Waals surface area contributed by atoms with Crippen molar-refractivity contribution >= 4 is 28.9 Å². The van der Waals surface area contributed by atoms with E-state index in [1.807, 2.05) is 6.07 Å². The number of aromatic nitrogens is 4. The van der Waals surface area contributed by atoms with E-state index in [1.165, 1.54) is 29.4 Å². The lowest BCUT2D eigenvalue weighted by atomic mass is 9.94. The second-order valence-corrected chi connectivity index (χ2v) is 10.2. The Balaban J connectivity index is 1.60. The minimum absolute atomic E-state index is 0.0926. The summed E-state index contributed by atoms with van der Waals surface area (Å²) in [7, 11) is 0. The topological polar surface area (TPSA) is 120 Å². The van der Waals surface area contributed by atoms with Crippen LogP contribution < -0.4 is 21.9 Å². The minimum Gasteiger partial charge on any atom is -0.403 e. The molecule has 2 aromatic heterocycles. The molecule has 2 unspecified atom stereocenters.